The molecule has 0 amide bonds. The summed E-state index contributed by atoms with van der Waals surface area (Å²) in [5.41, 5.74) is 0.726. The van der Waals surface area contributed by atoms with Crippen molar-refractivity contribution in [3.8, 4) is 0 Å². The number of rotatable bonds is 5. The highest BCUT2D eigenvalue weighted by molar-refractivity contribution is 9.10. The summed E-state index contributed by atoms with van der Waals surface area (Å²) in [6.07, 6.45) is -0.254. The molecule has 106 valence electrons. The largest absolute Gasteiger partial charge is 0.392 e. The topological polar surface area (TPSA) is 20.2 Å². The fraction of sp³-hybridized carbons (Fsp3) is 0.200. The predicted octanol–water partition coefficient (Wildman–Crippen LogP) is 4.42. The standard InChI is InChI=1S/C15H13BrF2OS/c16-11-4-10(5-13(18)7-11)6-14(19)9-20-15-3-1-2-12(17)8-15/h1-5,7-8,14,19H,6,9H2. The van der Waals surface area contributed by atoms with E-state index in [0.717, 1.165) is 10.5 Å². The van der Waals surface area contributed by atoms with Gasteiger partial charge < -0.3 is 5.11 Å². The van der Waals surface area contributed by atoms with Gasteiger partial charge >= 0.3 is 0 Å². The van der Waals surface area contributed by atoms with Crippen LogP contribution in [-0.2, 0) is 6.42 Å². The van der Waals surface area contributed by atoms with Crippen molar-refractivity contribution in [2.24, 2.45) is 0 Å². The van der Waals surface area contributed by atoms with E-state index in [2.05, 4.69) is 15.9 Å². The minimum atomic E-state index is -0.614. The van der Waals surface area contributed by atoms with Gasteiger partial charge in [0.25, 0.3) is 0 Å². The Morgan fingerprint density at radius 1 is 1.10 bits per heavy atom. The molecular formula is C15H13BrF2OS. The molecular weight excluding hydrogens is 346 g/mol. The second-order valence-electron chi connectivity index (χ2n) is 4.40. The predicted molar refractivity (Wildman–Crippen MR) is 80.9 cm³/mol. The van der Waals surface area contributed by atoms with Crippen molar-refractivity contribution in [2.45, 2.75) is 17.4 Å². The number of thioether (sulfide) groups is 1. The smallest absolute Gasteiger partial charge is 0.124 e. The molecule has 2 aromatic carbocycles. The van der Waals surface area contributed by atoms with Crippen LogP contribution in [0.1, 0.15) is 5.56 Å². The monoisotopic (exact) mass is 358 g/mol. The molecule has 0 saturated heterocycles. The lowest BCUT2D eigenvalue weighted by atomic mass is 10.1. The van der Waals surface area contributed by atoms with E-state index in [1.165, 1.54) is 36.0 Å². The van der Waals surface area contributed by atoms with Crippen molar-refractivity contribution in [1.29, 1.82) is 0 Å². The van der Waals surface area contributed by atoms with Crippen molar-refractivity contribution in [3.63, 3.8) is 0 Å². The van der Waals surface area contributed by atoms with Gasteiger partial charge in [-0.15, -0.1) is 11.8 Å². The van der Waals surface area contributed by atoms with Crippen LogP contribution in [0.3, 0.4) is 0 Å². The number of benzene rings is 2. The maximum atomic E-state index is 13.2. The van der Waals surface area contributed by atoms with Crippen LogP contribution >= 0.6 is 27.7 Å². The number of aliphatic hydroxyl groups is 1. The summed E-state index contributed by atoms with van der Waals surface area (Å²) in [5, 5.41) is 9.96. The van der Waals surface area contributed by atoms with Gasteiger partial charge in [-0.1, -0.05) is 22.0 Å². The summed E-state index contributed by atoms with van der Waals surface area (Å²) in [6, 6.07) is 10.8. The minimum absolute atomic E-state index is 0.293. The van der Waals surface area contributed by atoms with E-state index in [-0.39, 0.29) is 11.6 Å². The summed E-state index contributed by atoms with van der Waals surface area (Å²) >= 11 is 4.59. The Bertz CT molecular complexity index is 572. The van der Waals surface area contributed by atoms with Crippen LogP contribution in [-0.4, -0.2) is 17.0 Å². The summed E-state index contributed by atoms with van der Waals surface area (Å²) in [4.78, 5) is 0.768. The summed E-state index contributed by atoms with van der Waals surface area (Å²) in [6.45, 7) is 0. The first kappa shape index (κ1) is 15.5. The van der Waals surface area contributed by atoms with Crippen molar-refractivity contribution < 1.29 is 13.9 Å². The maximum absolute atomic E-state index is 13.2. The lowest BCUT2D eigenvalue weighted by molar-refractivity contribution is 0.200. The molecule has 1 N–H and O–H groups in total. The Morgan fingerprint density at radius 2 is 1.90 bits per heavy atom. The van der Waals surface area contributed by atoms with Crippen LogP contribution in [0, 0.1) is 11.6 Å². The van der Waals surface area contributed by atoms with E-state index in [1.807, 2.05) is 0 Å². The molecule has 1 nitrogen and oxygen atoms in total. The van der Waals surface area contributed by atoms with E-state index in [9.17, 15) is 13.9 Å². The van der Waals surface area contributed by atoms with Gasteiger partial charge in [0.15, 0.2) is 0 Å². The zero-order valence-corrected chi connectivity index (χ0v) is 12.9. The molecule has 5 heteroatoms. The summed E-state index contributed by atoms with van der Waals surface area (Å²) < 4.78 is 26.9. The Kier molecular flexibility index (Phi) is 5.57. The van der Waals surface area contributed by atoms with Crippen LogP contribution in [0.15, 0.2) is 51.8 Å². The van der Waals surface area contributed by atoms with Gasteiger partial charge in [-0.2, -0.15) is 0 Å². The highest BCUT2D eigenvalue weighted by Gasteiger charge is 2.08. The van der Waals surface area contributed by atoms with Crippen LogP contribution < -0.4 is 0 Å². The Morgan fingerprint density at radius 3 is 2.60 bits per heavy atom. The van der Waals surface area contributed by atoms with Crippen LogP contribution in [0.5, 0.6) is 0 Å². The highest BCUT2D eigenvalue weighted by Crippen LogP contribution is 2.21. The average Bonchev–Trinajstić information content (AvgIpc) is 2.35. The van der Waals surface area contributed by atoms with E-state index < -0.39 is 6.10 Å². The minimum Gasteiger partial charge on any atom is -0.392 e. The van der Waals surface area contributed by atoms with Crippen LogP contribution in [0.2, 0.25) is 0 Å². The Hall–Kier alpha value is -0.910. The molecule has 1 unspecified atom stereocenters. The first-order chi connectivity index (χ1) is 9.52. The zero-order chi connectivity index (χ0) is 14.5. The number of hydrogen-bond acceptors (Lipinski definition) is 2. The van der Waals surface area contributed by atoms with Crippen molar-refractivity contribution in [3.05, 3.63) is 64.1 Å². The van der Waals surface area contributed by atoms with Gasteiger partial charge in [0, 0.05) is 15.1 Å². The SMILES string of the molecule is OC(CSc1cccc(F)c1)Cc1cc(F)cc(Br)c1. The average molecular weight is 359 g/mol. The molecule has 0 aliphatic carbocycles. The molecule has 1 atom stereocenters. The molecule has 0 spiro atoms. The van der Waals surface area contributed by atoms with Gasteiger partial charge in [-0.25, -0.2) is 8.78 Å². The number of halogens is 3. The second-order valence-corrected chi connectivity index (χ2v) is 6.41. The zero-order valence-electron chi connectivity index (χ0n) is 10.5. The molecule has 2 aromatic rings. The molecule has 2 rings (SSSR count). The van der Waals surface area contributed by atoms with Gasteiger partial charge in [0.1, 0.15) is 11.6 Å². The first-order valence-corrected chi connectivity index (χ1v) is 7.82. The van der Waals surface area contributed by atoms with Gasteiger partial charge in [-0.05, 0) is 48.4 Å². The number of hydrogen-bond donors (Lipinski definition) is 1. The van der Waals surface area contributed by atoms with Crippen molar-refractivity contribution in [1.82, 2.24) is 0 Å². The normalized spacial score (nSPS) is 12.4. The quantitative estimate of drug-likeness (QED) is 0.798. The highest BCUT2D eigenvalue weighted by atomic mass is 79.9. The summed E-state index contributed by atoms with van der Waals surface area (Å²) in [7, 11) is 0. The molecule has 0 heterocycles. The second kappa shape index (κ2) is 7.20. The molecule has 0 saturated carbocycles. The summed E-state index contributed by atoms with van der Waals surface area (Å²) in [5.74, 6) is -0.199. The van der Waals surface area contributed by atoms with Crippen LogP contribution in [0.4, 0.5) is 8.78 Å². The van der Waals surface area contributed by atoms with Crippen molar-refractivity contribution in [2.75, 3.05) is 5.75 Å². The third kappa shape index (κ3) is 4.89. The molecule has 0 bridgehead atoms. The lowest BCUT2D eigenvalue weighted by Crippen LogP contribution is -2.13. The molecule has 0 fully saturated rings. The van der Waals surface area contributed by atoms with E-state index in [4.69, 9.17) is 0 Å². The molecule has 0 aromatic heterocycles. The Labute approximate surface area is 129 Å². The molecule has 0 aliphatic rings. The van der Waals surface area contributed by atoms with E-state index >= 15 is 0 Å². The fourth-order valence-electron chi connectivity index (χ4n) is 1.81. The lowest BCUT2D eigenvalue weighted by Gasteiger charge is -2.11. The van der Waals surface area contributed by atoms with E-state index in [0.29, 0.717) is 16.6 Å². The molecule has 0 aliphatic heterocycles. The first-order valence-electron chi connectivity index (χ1n) is 6.04. The Balaban J connectivity index is 1.90. The molecule has 20 heavy (non-hydrogen) atoms. The third-order valence-electron chi connectivity index (χ3n) is 2.63. The van der Waals surface area contributed by atoms with Gasteiger partial charge in [0.05, 0.1) is 6.10 Å². The third-order valence-corrected chi connectivity index (χ3v) is 4.23. The van der Waals surface area contributed by atoms with Crippen LogP contribution in [0.25, 0.3) is 0 Å². The van der Waals surface area contributed by atoms with Gasteiger partial charge in [0.2, 0.25) is 0 Å². The molecule has 0 radical (unpaired) electrons. The van der Waals surface area contributed by atoms with E-state index in [1.54, 1.807) is 18.2 Å². The van der Waals surface area contributed by atoms with Crippen molar-refractivity contribution >= 4 is 27.7 Å². The maximum Gasteiger partial charge on any atom is 0.124 e. The van der Waals surface area contributed by atoms with Gasteiger partial charge in [-0.3, -0.25) is 0 Å². The number of aliphatic hydroxyl groups excluding tert-OH is 1. The fourth-order valence-corrected chi connectivity index (χ4v) is 3.20.